The zero-order chi connectivity index (χ0) is 23.3. The van der Waals surface area contributed by atoms with Crippen LogP contribution in [0, 0.1) is 5.82 Å². The Balaban J connectivity index is 1.73. The van der Waals surface area contributed by atoms with E-state index in [9.17, 15) is 24.2 Å². The number of phenols is 1. The molecule has 0 aliphatic carbocycles. The molecule has 2 heterocycles. The maximum atomic E-state index is 13.4. The van der Waals surface area contributed by atoms with E-state index in [1.165, 1.54) is 40.5 Å². The molecule has 3 aromatic carbocycles. The molecule has 0 spiro atoms. The summed E-state index contributed by atoms with van der Waals surface area (Å²) in [5.74, 6) is -2.69. The summed E-state index contributed by atoms with van der Waals surface area (Å²) in [6.07, 6.45) is 0. The molecule has 2 N–H and O–H groups in total. The van der Waals surface area contributed by atoms with Crippen LogP contribution in [-0.2, 0) is 9.59 Å². The number of aromatic hydroxyl groups is 1. The second-order valence-electron chi connectivity index (χ2n) is 7.38. The zero-order valence-electron chi connectivity index (χ0n) is 16.7. The average Bonchev–Trinajstić information content (AvgIpc) is 3.32. The van der Waals surface area contributed by atoms with Gasteiger partial charge in [-0.25, -0.2) is 9.37 Å². The summed E-state index contributed by atoms with van der Waals surface area (Å²) >= 11 is 7.26. The van der Waals surface area contributed by atoms with E-state index < -0.39 is 29.3 Å². The summed E-state index contributed by atoms with van der Waals surface area (Å²) in [6, 6.07) is 15.0. The number of benzene rings is 3. The Morgan fingerprint density at radius 1 is 1.03 bits per heavy atom. The fourth-order valence-electron chi connectivity index (χ4n) is 3.75. The number of Topliss-reactive ketones (excluding diaryl/α,β-unsaturated/α-hetero) is 1. The van der Waals surface area contributed by atoms with E-state index in [1.54, 1.807) is 30.3 Å². The normalized spacial score (nSPS) is 17.8. The van der Waals surface area contributed by atoms with Gasteiger partial charge in [-0.15, -0.1) is 0 Å². The van der Waals surface area contributed by atoms with Gasteiger partial charge < -0.3 is 10.2 Å². The largest absolute Gasteiger partial charge is 0.508 e. The summed E-state index contributed by atoms with van der Waals surface area (Å²) in [4.78, 5) is 32.0. The number of rotatable bonds is 3. The Morgan fingerprint density at radius 2 is 1.73 bits per heavy atom. The van der Waals surface area contributed by atoms with Gasteiger partial charge in [0.05, 0.1) is 21.8 Å². The van der Waals surface area contributed by atoms with Crippen molar-refractivity contribution in [2.75, 3.05) is 4.90 Å². The highest BCUT2D eigenvalue weighted by molar-refractivity contribution is 7.22. The van der Waals surface area contributed by atoms with Gasteiger partial charge in [-0.05, 0) is 60.2 Å². The lowest BCUT2D eigenvalue weighted by atomic mass is 9.95. The number of thiazole rings is 1. The van der Waals surface area contributed by atoms with Gasteiger partial charge in [-0.1, -0.05) is 35.1 Å². The summed E-state index contributed by atoms with van der Waals surface area (Å²) in [6.45, 7) is 0. The van der Waals surface area contributed by atoms with Crippen molar-refractivity contribution in [1.82, 2.24) is 4.98 Å². The van der Waals surface area contributed by atoms with Crippen molar-refractivity contribution in [3.05, 3.63) is 94.3 Å². The van der Waals surface area contributed by atoms with Crippen LogP contribution in [0.5, 0.6) is 5.75 Å². The number of amides is 1. The SMILES string of the molecule is O=C1C(=O)N(c2nc3ccc(Cl)cc3s2)C(c2ccc(O)cc2)C1=C(O)c1ccc(F)cc1. The van der Waals surface area contributed by atoms with Gasteiger partial charge in [0.2, 0.25) is 0 Å². The Kier molecular flexibility index (Phi) is 5.11. The number of hydrogen-bond donors (Lipinski definition) is 2. The highest BCUT2D eigenvalue weighted by Crippen LogP contribution is 2.44. The molecule has 1 aromatic heterocycles. The first kappa shape index (κ1) is 21.1. The average molecular weight is 481 g/mol. The topological polar surface area (TPSA) is 90.7 Å². The molecular formula is C24H14ClFN2O4S. The molecule has 5 rings (SSSR count). The number of phenolic OH excluding ortho intramolecular Hbond substituents is 1. The molecule has 0 bridgehead atoms. The monoisotopic (exact) mass is 480 g/mol. The molecule has 1 aliphatic heterocycles. The summed E-state index contributed by atoms with van der Waals surface area (Å²) in [5, 5.41) is 21.5. The molecule has 1 saturated heterocycles. The van der Waals surface area contributed by atoms with Crippen molar-refractivity contribution >= 4 is 55.7 Å². The van der Waals surface area contributed by atoms with Gasteiger partial charge in [-0.3, -0.25) is 14.5 Å². The van der Waals surface area contributed by atoms with E-state index >= 15 is 0 Å². The van der Waals surface area contributed by atoms with Crippen LogP contribution in [0.2, 0.25) is 5.02 Å². The molecule has 164 valence electrons. The number of carbonyl (C=O) groups is 2. The summed E-state index contributed by atoms with van der Waals surface area (Å²) in [5.41, 5.74) is 1.11. The van der Waals surface area contributed by atoms with E-state index in [-0.39, 0.29) is 22.0 Å². The van der Waals surface area contributed by atoms with Crippen molar-refractivity contribution in [1.29, 1.82) is 0 Å². The van der Waals surface area contributed by atoms with Gasteiger partial charge in [0.1, 0.15) is 17.3 Å². The molecule has 33 heavy (non-hydrogen) atoms. The Bertz CT molecular complexity index is 1450. The lowest BCUT2D eigenvalue weighted by molar-refractivity contribution is -0.132. The van der Waals surface area contributed by atoms with E-state index in [0.29, 0.717) is 16.1 Å². The van der Waals surface area contributed by atoms with Crippen LogP contribution in [0.4, 0.5) is 9.52 Å². The molecule has 1 amide bonds. The first-order valence-electron chi connectivity index (χ1n) is 9.75. The number of aromatic nitrogens is 1. The standard InChI is InChI=1S/C24H14ClFN2O4S/c25-14-5-10-17-18(11-14)33-24(27-17)28-20(12-3-8-16(29)9-4-12)19(22(31)23(28)32)21(30)13-1-6-15(26)7-2-13/h1-11,20,29-30H. The van der Waals surface area contributed by atoms with Gasteiger partial charge in [-0.2, -0.15) is 0 Å². The summed E-state index contributed by atoms with van der Waals surface area (Å²) < 4.78 is 14.1. The number of ketones is 1. The van der Waals surface area contributed by atoms with E-state index in [0.717, 1.165) is 16.8 Å². The van der Waals surface area contributed by atoms with Crippen LogP contribution in [-0.4, -0.2) is 26.9 Å². The smallest absolute Gasteiger partial charge is 0.301 e. The zero-order valence-corrected chi connectivity index (χ0v) is 18.3. The third kappa shape index (κ3) is 3.63. The molecule has 1 atom stereocenters. The van der Waals surface area contributed by atoms with Crippen molar-refractivity contribution in [2.45, 2.75) is 6.04 Å². The minimum Gasteiger partial charge on any atom is -0.508 e. The number of carbonyl (C=O) groups excluding carboxylic acids is 2. The molecular weight excluding hydrogens is 467 g/mol. The van der Waals surface area contributed by atoms with Crippen molar-refractivity contribution in [2.24, 2.45) is 0 Å². The van der Waals surface area contributed by atoms with E-state index in [4.69, 9.17) is 11.6 Å². The molecule has 0 radical (unpaired) electrons. The lowest BCUT2D eigenvalue weighted by Gasteiger charge is -2.23. The minimum atomic E-state index is -1.01. The molecule has 9 heteroatoms. The van der Waals surface area contributed by atoms with Gasteiger partial charge in [0, 0.05) is 10.6 Å². The fourth-order valence-corrected chi connectivity index (χ4v) is 5.02. The van der Waals surface area contributed by atoms with Crippen LogP contribution in [0.15, 0.2) is 72.3 Å². The Labute approximate surface area is 195 Å². The Morgan fingerprint density at radius 3 is 2.42 bits per heavy atom. The number of aliphatic hydroxyl groups excluding tert-OH is 1. The third-order valence-electron chi connectivity index (χ3n) is 5.32. The molecule has 1 fully saturated rings. The highest BCUT2D eigenvalue weighted by atomic mass is 35.5. The van der Waals surface area contributed by atoms with Gasteiger partial charge in [0.15, 0.2) is 5.13 Å². The molecule has 0 saturated carbocycles. The second kappa shape index (κ2) is 7.99. The van der Waals surface area contributed by atoms with Crippen molar-refractivity contribution in [3.63, 3.8) is 0 Å². The minimum absolute atomic E-state index is 0.00358. The predicted octanol–water partition coefficient (Wildman–Crippen LogP) is 5.42. The van der Waals surface area contributed by atoms with Crippen LogP contribution in [0.25, 0.3) is 16.0 Å². The van der Waals surface area contributed by atoms with Crippen molar-refractivity contribution < 1.29 is 24.2 Å². The number of anilines is 1. The molecule has 4 aromatic rings. The van der Waals surface area contributed by atoms with Gasteiger partial charge >= 0.3 is 5.91 Å². The number of halogens is 2. The first-order chi connectivity index (χ1) is 15.8. The maximum Gasteiger partial charge on any atom is 0.301 e. The van der Waals surface area contributed by atoms with E-state index in [2.05, 4.69) is 4.98 Å². The number of hydrogen-bond acceptors (Lipinski definition) is 6. The maximum absolute atomic E-state index is 13.4. The van der Waals surface area contributed by atoms with Crippen molar-refractivity contribution in [3.8, 4) is 5.75 Å². The van der Waals surface area contributed by atoms with Crippen LogP contribution >= 0.6 is 22.9 Å². The lowest BCUT2D eigenvalue weighted by Crippen LogP contribution is -2.29. The molecule has 1 unspecified atom stereocenters. The molecule has 6 nitrogen and oxygen atoms in total. The van der Waals surface area contributed by atoms with Crippen LogP contribution in [0.1, 0.15) is 17.2 Å². The quantitative estimate of drug-likeness (QED) is 0.232. The summed E-state index contributed by atoms with van der Waals surface area (Å²) in [7, 11) is 0. The highest BCUT2D eigenvalue weighted by Gasteiger charge is 2.48. The molecule has 1 aliphatic rings. The number of nitrogens with zero attached hydrogens (tertiary/aromatic N) is 2. The number of fused-ring (bicyclic) bond motifs is 1. The Hall–Kier alpha value is -3.75. The third-order valence-corrected chi connectivity index (χ3v) is 6.57. The number of aliphatic hydroxyl groups is 1. The first-order valence-corrected chi connectivity index (χ1v) is 10.9. The van der Waals surface area contributed by atoms with Crippen LogP contribution in [0.3, 0.4) is 0 Å². The fraction of sp³-hybridized carbons (Fsp3) is 0.0417. The van der Waals surface area contributed by atoms with Gasteiger partial charge in [0.25, 0.3) is 5.78 Å². The second-order valence-corrected chi connectivity index (χ2v) is 8.82. The van der Waals surface area contributed by atoms with E-state index in [1.807, 2.05) is 0 Å². The predicted molar refractivity (Wildman–Crippen MR) is 124 cm³/mol. The van der Waals surface area contributed by atoms with Crippen LogP contribution < -0.4 is 4.90 Å².